The van der Waals surface area contributed by atoms with Crippen LogP contribution in [0.25, 0.3) is 33.2 Å². The number of alkyl halides is 4. The van der Waals surface area contributed by atoms with Gasteiger partial charge in [-0.1, -0.05) is 42.5 Å². The number of benzene rings is 3. The van der Waals surface area contributed by atoms with E-state index in [1.165, 1.54) is 0 Å². The number of halogens is 4. The van der Waals surface area contributed by atoms with Crippen LogP contribution in [0.2, 0.25) is 0 Å². The maximum Gasteiger partial charge on any atom is 0.267 e. The van der Waals surface area contributed by atoms with Crippen molar-refractivity contribution in [3.63, 3.8) is 0 Å². The van der Waals surface area contributed by atoms with Crippen LogP contribution in [0.1, 0.15) is 77.9 Å². The van der Waals surface area contributed by atoms with Crippen LogP contribution in [0.3, 0.4) is 0 Å². The third kappa shape index (κ3) is 2.78. The minimum Gasteiger partial charge on any atom is -0.312 e. The molecular formula is C36H36F4N2. The van der Waals surface area contributed by atoms with E-state index >= 15 is 17.6 Å². The van der Waals surface area contributed by atoms with Gasteiger partial charge in [0.15, 0.2) is 0 Å². The quantitative estimate of drug-likeness (QED) is 0.186. The molecule has 218 valence electrons. The van der Waals surface area contributed by atoms with Crippen molar-refractivity contribution in [1.82, 2.24) is 9.13 Å². The Balaban J connectivity index is 1.56. The van der Waals surface area contributed by atoms with Crippen LogP contribution >= 0.6 is 0 Å². The number of para-hydroxylation sites is 2. The summed E-state index contributed by atoms with van der Waals surface area (Å²) in [6.45, 7) is 13.0. The summed E-state index contributed by atoms with van der Waals surface area (Å²) in [6.07, 6.45) is 0. The second kappa shape index (κ2) is 7.69. The van der Waals surface area contributed by atoms with Crippen LogP contribution in [0.4, 0.5) is 17.6 Å². The van der Waals surface area contributed by atoms with Gasteiger partial charge in [-0.05, 0) is 96.8 Å². The molecule has 5 aromatic rings. The van der Waals surface area contributed by atoms with Gasteiger partial charge in [0.25, 0.3) is 11.8 Å². The third-order valence-electron chi connectivity index (χ3n) is 10.7. The van der Waals surface area contributed by atoms with Gasteiger partial charge < -0.3 is 9.13 Å². The van der Waals surface area contributed by atoms with Crippen molar-refractivity contribution in [3.05, 3.63) is 95.3 Å². The van der Waals surface area contributed by atoms with Crippen LogP contribution < -0.4 is 0 Å². The van der Waals surface area contributed by atoms with E-state index in [9.17, 15) is 0 Å². The Kier molecular flexibility index (Phi) is 5.00. The van der Waals surface area contributed by atoms with E-state index in [-0.39, 0.29) is 0 Å². The third-order valence-corrected chi connectivity index (χ3v) is 10.7. The summed E-state index contributed by atoms with van der Waals surface area (Å²) in [7, 11) is 0. The summed E-state index contributed by atoms with van der Waals surface area (Å²) >= 11 is 0. The highest BCUT2D eigenvalue weighted by atomic mass is 19.3. The lowest BCUT2D eigenvalue weighted by Gasteiger charge is -2.37. The van der Waals surface area contributed by atoms with Crippen LogP contribution in [-0.4, -0.2) is 21.0 Å². The topological polar surface area (TPSA) is 9.86 Å². The molecule has 0 saturated carbocycles. The van der Waals surface area contributed by atoms with Crippen molar-refractivity contribution in [2.24, 2.45) is 0 Å². The first-order valence-electron chi connectivity index (χ1n) is 14.6. The molecule has 2 heterocycles. The summed E-state index contributed by atoms with van der Waals surface area (Å²) in [6, 6.07) is 23.1. The summed E-state index contributed by atoms with van der Waals surface area (Å²) in [5, 5.41) is 1.62. The van der Waals surface area contributed by atoms with Crippen LogP contribution in [0.5, 0.6) is 0 Å². The lowest BCUT2D eigenvalue weighted by atomic mass is 9.76. The van der Waals surface area contributed by atoms with E-state index in [1.807, 2.05) is 81.9 Å². The molecule has 0 fully saturated rings. The Bertz CT molecular complexity index is 1810. The molecule has 3 aromatic carbocycles. The molecule has 7 rings (SSSR count). The van der Waals surface area contributed by atoms with Crippen molar-refractivity contribution in [1.29, 1.82) is 0 Å². The lowest BCUT2D eigenvalue weighted by molar-refractivity contribution is -0.106. The maximum atomic E-state index is 16.1. The molecule has 2 aliphatic carbocycles. The van der Waals surface area contributed by atoms with Gasteiger partial charge >= 0.3 is 0 Å². The van der Waals surface area contributed by atoms with E-state index in [1.54, 1.807) is 55.4 Å². The summed E-state index contributed by atoms with van der Waals surface area (Å²) in [5.74, 6) is -5.99. The van der Waals surface area contributed by atoms with Gasteiger partial charge in [0.2, 0.25) is 0 Å². The van der Waals surface area contributed by atoms with Crippen molar-refractivity contribution in [2.45, 2.75) is 88.9 Å². The molecule has 0 unspecified atom stereocenters. The number of hydrogen-bond donors (Lipinski definition) is 0. The first-order valence-corrected chi connectivity index (χ1v) is 14.6. The van der Waals surface area contributed by atoms with E-state index in [0.29, 0.717) is 22.5 Å². The molecule has 0 N–H and O–H groups in total. The highest BCUT2D eigenvalue weighted by Gasteiger charge is 2.68. The van der Waals surface area contributed by atoms with Crippen LogP contribution in [0, 0.1) is 0 Å². The fraction of sp³-hybridized carbons (Fsp3) is 0.389. The van der Waals surface area contributed by atoms with Crippen molar-refractivity contribution in [3.8, 4) is 11.4 Å². The fourth-order valence-corrected chi connectivity index (χ4v) is 8.41. The van der Waals surface area contributed by atoms with Crippen molar-refractivity contribution >= 4 is 21.8 Å². The average Bonchev–Trinajstić information content (AvgIpc) is 3.53. The number of rotatable bonds is 2. The molecule has 0 aliphatic heterocycles. The zero-order valence-electron chi connectivity index (χ0n) is 25.3. The van der Waals surface area contributed by atoms with E-state index in [2.05, 4.69) is 0 Å². The maximum absolute atomic E-state index is 16.1. The van der Waals surface area contributed by atoms with Gasteiger partial charge in [-0.3, -0.25) is 0 Å². The minimum absolute atomic E-state index is 0.589. The highest BCUT2D eigenvalue weighted by Crippen LogP contribution is 2.63. The minimum atomic E-state index is -2.99. The van der Waals surface area contributed by atoms with Gasteiger partial charge in [-0.25, -0.2) is 17.6 Å². The number of hydrogen-bond acceptors (Lipinski definition) is 0. The largest absolute Gasteiger partial charge is 0.312 e. The molecule has 2 aliphatic rings. The molecule has 0 spiro atoms. The standard InChI is InChI=1S/C36H36F4N2/c1-31(2)27-23-16-9-11-18-25(23)41(29(27)33(5,6)35(31,37)38)21-14-13-15-22(20-21)42-26-19-12-10-17-24(26)28-30(42)34(7,8)36(39,40)32(28,3)4/h9-20H,1-8H3. The summed E-state index contributed by atoms with van der Waals surface area (Å²) < 4.78 is 68.4. The average molecular weight is 573 g/mol. The molecule has 0 amide bonds. The SMILES string of the molecule is CC1(C)c2c(n(-c3cccc(-n4c5c(c6ccccc64)C(C)(C)C(F)(F)C5(C)C)c3)c3ccccc23)C(C)(C)C1(F)F. The van der Waals surface area contributed by atoms with E-state index in [4.69, 9.17) is 0 Å². The summed E-state index contributed by atoms with van der Waals surface area (Å²) in [4.78, 5) is 0. The van der Waals surface area contributed by atoms with Gasteiger partial charge in [0.1, 0.15) is 0 Å². The molecule has 42 heavy (non-hydrogen) atoms. The number of aromatic nitrogens is 2. The number of nitrogens with zero attached hydrogens (tertiary/aromatic N) is 2. The first-order chi connectivity index (χ1) is 19.4. The predicted octanol–water partition coefficient (Wildman–Crippen LogP) is 9.98. The van der Waals surface area contributed by atoms with Gasteiger partial charge in [0, 0.05) is 33.5 Å². The molecule has 0 radical (unpaired) electrons. The smallest absolute Gasteiger partial charge is 0.267 e. The molecule has 0 bridgehead atoms. The summed E-state index contributed by atoms with van der Waals surface area (Å²) in [5.41, 5.74) is -0.00919. The van der Waals surface area contributed by atoms with Gasteiger partial charge in [-0.15, -0.1) is 0 Å². The Morgan fingerprint density at radius 2 is 0.810 bits per heavy atom. The molecule has 2 nitrogen and oxygen atoms in total. The zero-order chi connectivity index (χ0) is 30.4. The molecule has 0 atom stereocenters. The van der Waals surface area contributed by atoms with Crippen molar-refractivity contribution in [2.75, 3.05) is 0 Å². The molecular weight excluding hydrogens is 536 g/mol. The van der Waals surface area contributed by atoms with Gasteiger partial charge in [-0.2, -0.15) is 0 Å². The molecule has 2 aromatic heterocycles. The van der Waals surface area contributed by atoms with Crippen LogP contribution in [-0.2, 0) is 21.7 Å². The van der Waals surface area contributed by atoms with Gasteiger partial charge in [0.05, 0.1) is 32.7 Å². The Labute approximate surface area is 244 Å². The van der Waals surface area contributed by atoms with Crippen LogP contribution in [0.15, 0.2) is 72.8 Å². The number of fused-ring (bicyclic) bond motifs is 6. The second-order valence-electron chi connectivity index (χ2n) is 14.3. The predicted molar refractivity (Wildman–Crippen MR) is 162 cm³/mol. The molecule has 0 saturated heterocycles. The fourth-order valence-electron chi connectivity index (χ4n) is 8.41. The Hall–Kier alpha value is -3.54. The first kappa shape index (κ1) is 27.3. The normalized spacial score (nSPS) is 22.0. The lowest BCUT2D eigenvalue weighted by Crippen LogP contribution is -2.47. The second-order valence-corrected chi connectivity index (χ2v) is 14.3. The van der Waals surface area contributed by atoms with Crippen molar-refractivity contribution < 1.29 is 17.6 Å². The Morgan fingerprint density at radius 1 is 0.452 bits per heavy atom. The van der Waals surface area contributed by atoms with E-state index < -0.39 is 33.5 Å². The molecule has 6 heteroatoms. The Morgan fingerprint density at radius 3 is 1.19 bits per heavy atom. The zero-order valence-corrected chi connectivity index (χ0v) is 25.3. The highest BCUT2D eigenvalue weighted by molar-refractivity contribution is 5.92. The van der Waals surface area contributed by atoms with E-state index in [0.717, 1.165) is 33.2 Å². The monoisotopic (exact) mass is 572 g/mol.